The molecule has 1 aliphatic heterocycles. The molecule has 2 rings (SSSR count). The third-order valence-electron chi connectivity index (χ3n) is 2.79. The molecule has 0 saturated carbocycles. The second-order valence-electron chi connectivity index (χ2n) is 4.23. The molecule has 0 amide bonds. The molecule has 0 spiro atoms. The zero-order valence-corrected chi connectivity index (χ0v) is 10.6. The van der Waals surface area contributed by atoms with Gasteiger partial charge in [-0.25, -0.2) is 9.18 Å². The van der Waals surface area contributed by atoms with Crippen molar-refractivity contribution in [2.45, 2.75) is 19.8 Å². The van der Waals surface area contributed by atoms with Gasteiger partial charge in [-0.15, -0.1) is 0 Å². The zero-order valence-electron chi connectivity index (χ0n) is 10.6. The van der Waals surface area contributed by atoms with Crippen LogP contribution in [0.15, 0.2) is 18.2 Å². The standard InChI is InChI=1S/C14H15FO4/c1-2-3-9(6-14(16)17)10-7-12-13(8-11(10)15)19-5-4-18-12/h6-8H,2-5H2,1H3,(H,16,17)/b9-6+. The fourth-order valence-corrected chi connectivity index (χ4v) is 2.01. The van der Waals surface area contributed by atoms with Crippen LogP contribution in [0.2, 0.25) is 0 Å². The van der Waals surface area contributed by atoms with E-state index in [-0.39, 0.29) is 5.56 Å². The number of aliphatic carboxylic acids is 1. The second kappa shape index (κ2) is 5.73. The monoisotopic (exact) mass is 266 g/mol. The maximum Gasteiger partial charge on any atom is 0.328 e. The number of benzene rings is 1. The lowest BCUT2D eigenvalue weighted by molar-refractivity contribution is -0.131. The van der Waals surface area contributed by atoms with Crippen molar-refractivity contribution < 1.29 is 23.8 Å². The van der Waals surface area contributed by atoms with Gasteiger partial charge in [-0.1, -0.05) is 13.3 Å². The second-order valence-corrected chi connectivity index (χ2v) is 4.23. The highest BCUT2D eigenvalue weighted by Crippen LogP contribution is 2.36. The van der Waals surface area contributed by atoms with E-state index in [1.807, 2.05) is 6.92 Å². The van der Waals surface area contributed by atoms with E-state index in [4.69, 9.17) is 14.6 Å². The molecule has 1 aromatic carbocycles. The van der Waals surface area contributed by atoms with E-state index in [0.29, 0.717) is 36.7 Å². The maximum absolute atomic E-state index is 14.0. The number of halogens is 1. The number of hydrogen-bond acceptors (Lipinski definition) is 3. The predicted octanol–water partition coefficient (Wildman–Crippen LogP) is 2.87. The van der Waals surface area contributed by atoms with Crippen molar-refractivity contribution in [2.24, 2.45) is 0 Å². The fourth-order valence-electron chi connectivity index (χ4n) is 2.01. The highest BCUT2D eigenvalue weighted by atomic mass is 19.1. The smallest absolute Gasteiger partial charge is 0.328 e. The minimum absolute atomic E-state index is 0.258. The molecule has 19 heavy (non-hydrogen) atoms. The van der Waals surface area contributed by atoms with Crippen molar-refractivity contribution >= 4 is 11.5 Å². The van der Waals surface area contributed by atoms with Crippen molar-refractivity contribution in [2.75, 3.05) is 13.2 Å². The van der Waals surface area contributed by atoms with Gasteiger partial charge in [-0.05, 0) is 18.1 Å². The molecule has 0 unspecified atom stereocenters. The van der Waals surface area contributed by atoms with Crippen LogP contribution in [0.1, 0.15) is 25.3 Å². The Kier molecular flexibility index (Phi) is 4.04. The first-order chi connectivity index (χ1) is 9.11. The minimum Gasteiger partial charge on any atom is -0.486 e. The minimum atomic E-state index is -1.09. The van der Waals surface area contributed by atoms with Gasteiger partial charge in [-0.3, -0.25) is 0 Å². The van der Waals surface area contributed by atoms with Gasteiger partial charge in [0.05, 0.1) is 0 Å². The summed E-state index contributed by atoms with van der Waals surface area (Å²) in [5.74, 6) is -0.767. The van der Waals surface area contributed by atoms with Crippen LogP contribution in [0.4, 0.5) is 4.39 Å². The number of ether oxygens (including phenoxy) is 2. The Labute approximate surface area is 110 Å². The van der Waals surface area contributed by atoms with Gasteiger partial charge in [0.25, 0.3) is 0 Å². The molecule has 1 aromatic rings. The topological polar surface area (TPSA) is 55.8 Å². The summed E-state index contributed by atoms with van der Waals surface area (Å²) >= 11 is 0. The Morgan fingerprint density at radius 1 is 1.37 bits per heavy atom. The van der Waals surface area contributed by atoms with Crippen LogP contribution in [0.25, 0.3) is 5.57 Å². The number of allylic oxidation sites excluding steroid dienone is 1. The number of hydrogen-bond donors (Lipinski definition) is 1. The Morgan fingerprint density at radius 2 is 2.00 bits per heavy atom. The summed E-state index contributed by atoms with van der Waals surface area (Å²) in [5.41, 5.74) is 0.706. The third kappa shape index (κ3) is 3.05. The summed E-state index contributed by atoms with van der Waals surface area (Å²) in [4.78, 5) is 10.8. The SMILES string of the molecule is CCC/C(=C\C(=O)O)c1cc2c(cc1F)OCCO2. The van der Waals surface area contributed by atoms with Gasteiger partial charge in [0.1, 0.15) is 19.0 Å². The third-order valence-corrected chi connectivity index (χ3v) is 2.79. The molecule has 102 valence electrons. The largest absolute Gasteiger partial charge is 0.486 e. The van der Waals surface area contributed by atoms with Crippen molar-refractivity contribution in [3.63, 3.8) is 0 Å². The van der Waals surface area contributed by atoms with E-state index in [9.17, 15) is 9.18 Å². The molecule has 0 aromatic heterocycles. The van der Waals surface area contributed by atoms with E-state index in [2.05, 4.69) is 0 Å². The Bertz CT molecular complexity index is 522. The van der Waals surface area contributed by atoms with Crippen LogP contribution in [-0.4, -0.2) is 24.3 Å². The number of fused-ring (bicyclic) bond motifs is 1. The van der Waals surface area contributed by atoms with Crippen molar-refractivity contribution in [3.8, 4) is 11.5 Å². The average molecular weight is 266 g/mol. The predicted molar refractivity (Wildman–Crippen MR) is 67.9 cm³/mol. The average Bonchev–Trinajstić information content (AvgIpc) is 2.37. The van der Waals surface area contributed by atoms with Crippen LogP contribution in [-0.2, 0) is 4.79 Å². The maximum atomic E-state index is 14.0. The molecule has 0 bridgehead atoms. The van der Waals surface area contributed by atoms with E-state index in [1.165, 1.54) is 12.1 Å². The van der Waals surface area contributed by atoms with Gasteiger partial charge in [0.15, 0.2) is 11.5 Å². The highest BCUT2D eigenvalue weighted by Gasteiger charge is 2.18. The highest BCUT2D eigenvalue weighted by molar-refractivity contribution is 5.90. The van der Waals surface area contributed by atoms with Gasteiger partial charge in [0.2, 0.25) is 0 Å². The van der Waals surface area contributed by atoms with Gasteiger partial charge in [-0.2, -0.15) is 0 Å². The summed E-state index contributed by atoms with van der Waals surface area (Å²) in [5, 5.41) is 8.85. The first-order valence-electron chi connectivity index (χ1n) is 6.15. The molecule has 0 radical (unpaired) electrons. The van der Waals surface area contributed by atoms with Crippen LogP contribution in [0, 0.1) is 5.82 Å². The van der Waals surface area contributed by atoms with Crippen LogP contribution in [0.3, 0.4) is 0 Å². The summed E-state index contributed by atoms with van der Waals surface area (Å²) in [6.07, 6.45) is 2.26. The van der Waals surface area contributed by atoms with Crippen molar-refractivity contribution in [1.29, 1.82) is 0 Å². The normalized spacial score (nSPS) is 14.3. The molecule has 0 saturated heterocycles. The Balaban J connectivity index is 2.44. The Hall–Kier alpha value is -2.04. The first-order valence-corrected chi connectivity index (χ1v) is 6.15. The van der Waals surface area contributed by atoms with E-state index in [0.717, 1.165) is 12.5 Å². The number of carboxylic acid groups (broad SMARTS) is 1. The lowest BCUT2D eigenvalue weighted by Crippen LogP contribution is -2.16. The summed E-state index contributed by atoms with van der Waals surface area (Å²) < 4.78 is 24.7. The van der Waals surface area contributed by atoms with Crippen molar-refractivity contribution in [3.05, 3.63) is 29.6 Å². The molecule has 4 nitrogen and oxygen atoms in total. The van der Waals surface area contributed by atoms with Gasteiger partial charge < -0.3 is 14.6 Å². The number of carbonyl (C=O) groups is 1. The molecule has 0 atom stereocenters. The quantitative estimate of drug-likeness (QED) is 0.851. The number of rotatable bonds is 4. The van der Waals surface area contributed by atoms with Gasteiger partial charge >= 0.3 is 5.97 Å². The summed E-state index contributed by atoms with van der Waals surface area (Å²) in [6, 6.07) is 2.75. The molecule has 1 N–H and O–H groups in total. The van der Waals surface area contributed by atoms with Crippen LogP contribution >= 0.6 is 0 Å². The molecule has 0 aliphatic carbocycles. The number of carboxylic acids is 1. The lowest BCUT2D eigenvalue weighted by Gasteiger charge is -2.20. The van der Waals surface area contributed by atoms with Crippen LogP contribution < -0.4 is 9.47 Å². The van der Waals surface area contributed by atoms with Crippen molar-refractivity contribution in [1.82, 2.24) is 0 Å². The van der Waals surface area contributed by atoms with Gasteiger partial charge in [0, 0.05) is 17.7 Å². The fraction of sp³-hybridized carbons (Fsp3) is 0.357. The molecular formula is C14H15FO4. The summed E-state index contributed by atoms with van der Waals surface area (Å²) in [7, 11) is 0. The summed E-state index contributed by atoms with van der Waals surface area (Å²) in [6.45, 7) is 2.70. The lowest BCUT2D eigenvalue weighted by atomic mass is 9.99. The van der Waals surface area contributed by atoms with E-state index < -0.39 is 11.8 Å². The molecule has 0 fully saturated rings. The molecule has 1 heterocycles. The van der Waals surface area contributed by atoms with E-state index >= 15 is 0 Å². The molecule has 5 heteroatoms. The molecular weight excluding hydrogens is 251 g/mol. The van der Waals surface area contributed by atoms with E-state index in [1.54, 1.807) is 0 Å². The Morgan fingerprint density at radius 3 is 2.58 bits per heavy atom. The van der Waals surface area contributed by atoms with Crippen LogP contribution in [0.5, 0.6) is 11.5 Å². The molecule has 1 aliphatic rings. The first kappa shape index (κ1) is 13.4. The zero-order chi connectivity index (χ0) is 13.8.